The molecule has 0 aliphatic carbocycles. The summed E-state index contributed by atoms with van der Waals surface area (Å²) in [5.41, 5.74) is 0.269. The van der Waals surface area contributed by atoms with E-state index in [9.17, 15) is 4.79 Å². The minimum absolute atomic E-state index is 0.149. The SMILES string of the molecule is CC(C)(C#N)n1cc(C(=O)NCc2nnc(-c3ccccc3)s2)nn1. The van der Waals surface area contributed by atoms with Crippen LogP contribution in [0.25, 0.3) is 10.6 Å². The quantitative estimate of drug-likeness (QED) is 0.751. The molecular formula is C16H15N7OS. The molecule has 0 atom stereocenters. The summed E-state index contributed by atoms with van der Waals surface area (Å²) >= 11 is 1.41. The first-order valence-corrected chi connectivity index (χ1v) is 8.31. The summed E-state index contributed by atoms with van der Waals surface area (Å²) in [6.45, 7) is 3.63. The Morgan fingerprint density at radius 3 is 2.76 bits per heavy atom. The van der Waals surface area contributed by atoms with Gasteiger partial charge in [0, 0.05) is 5.56 Å². The Balaban J connectivity index is 1.64. The number of nitrogens with zero attached hydrogens (tertiary/aromatic N) is 6. The highest BCUT2D eigenvalue weighted by molar-refractivity contribution is 7.14. The molecule has 2 aromatic heterocycles. The molecule has 0 aliphatic rings. The van der Waals surface area contributed by atoms with Crippen LogP contribution in [0.2, 0.25) is 0 Å². The van der Waals surface area contributed by atoms with Gasteiger partial charge in [0.1, 0.15) is 15.6 Å². The highest BCUT2D eigenvalue weighted by Gasteiger charge is 2.22. The maximum Gasteiger partial charge on any atom is 0.273 e. The molecule has 0 radical (unpaired) electrons. The van der Waals surface area contributed by atoms with Gasteiger partial charge in [-0.25, -0.2) is 4.68 Å². The van der Waals surface area contributed by atoms with E-state index in [-0.39, 0.29) is 18.1 Å². The summed E-state index contributed by atoms with van der Waals surface area (Å²) < 4.78 is 1.36. The van der Waals surface area contributed by atoms with Crippen LogP contribution in [0, 0.1) is 11.3 Å². The van der Waals surface area contributed by atoms with Gasteiger partial charge in [-0.3, -0.25) is 4.79 Å². The summed E-state index contributed by atoms with van der Waals surface area (Å²) in [6.07, 6.45) is 1.45. The van der Waals surface area contributed by atoms with E-state index in [0.29, 0.717) is 5.01 Å². The van der Waals surface area contributed by atoms with Crippen LogP contribution in [-0.4, -0.2) is 31.1 Å². The first-order chi connectivity index (χ1) is 12.0. The van der Waals surface area contributed by atoms with Crippen molar-refractivity contribution in [1.82, 2.24) is 30.5 Å². The number of hydrogen-bond donors (Lipinski definition) is 1. The van der Waals surface area contributed by atoms with Crippen molar-refractivity contribution in [3.05, 3.63) is 47.2 Å². The summed E-state index contributed by atoms with van der Waals surface area (Å²) in [5, 5.41) is 29.2. The maximum absolute atomic E-state index is 12.2. The van der Waals surface area contributed by atoms with E-state index in [0.717, 1.165) is 10.6 Å². The topological polar surface area (TPSA) is 109 Å². The summed E-state index contributed by atoms with van der Waals surface area (Å²) in [7, 11) is 0. The number of carbonyl (C=O) groups excluding carboxylic acids is 1. The molecule has 0 bridgehead atoms. The van der Waals surface area contributed by atoms with Gasteiger partial charge < -0.3 is 5.32 Å². The fraction of sp³-hybridized carbons (Fsp3) is 0.250. The molecule has 0 saturated carbocycles. The van der Waals surface area contributed by atoms with Gasteiger partial charge in [-0.1, -0.05) is 46.9 Å². The van der Waals surface area contributed by atoms with Gasteiger partial charge in [0.25, 0.3) is 5.91 Å². The molecule has 9 heteroatoms. The van der Waals surface area contributed by atoms with Crippen molar-refractivity contribution in [3.8, 4) is 16.6 Å². The minimum Gasteiger partial charge on any atom is -0.344 e. The Morgan fingerprint density at radius 1 is 1.28 bits per heavy atom. The van der Waals surface area contributed by atoms with Gasteiger partial charge in [0.05, 0.1) is 18.8 Å². The Labute approximate surface area is 148 Å². The zero-order valence-corrected chi connectivity index (χ0v) is 14.5. The van der Waals surface area contributed by atoms with Crippen LogP contribution in [0.4, 0.5) is 0 Å². The molecule has 0 saturated heterocycles. The fourth-order valence-electron chi connectivity index (χ4n) is 1.96. The number of nitriles is 1. The van der Waals surface area contributed by atoms with Gasteiger partial charge >= 0.3 is 0 Å². The summed E-state index contributed by atoms with van der Waals surface area (Å²) in [4.78, 5) is 12.2. The molecule has 1 N–H and O–H groups in total. The van der Waals surface area contributed by atoms with Crippen LogP contribution in [0.5, 0.6) is 0 Å². The van der Waals surface area contributed by atoms with Crippen molar-refractivity contribution in [3.63, 3.8) is 0 Å². The van der Waals surface area contributed by atoms with Gasteiger partial charge in [0.2, 0.25) is 0 Å². The Bertz CT molecular complexity index is 923. The standard InChI is InChI=1S/C16H15N7OS/c1-16(2,10-17)23-9-12(19-22-23)14(24)18-8-13-20-21-15(25-13)11-6-4-3-5-7-11/h3-7,9H,8H2,1-2H3,(H,18,24). The second-order valence-electron chi connectivity index (χ2n) is 5.77. The molecule has 3 aromatic rings. The second kappa shape index (κ2) is 6.78. The second-order valence-corrected chi connectivity index (χ2v) is 6.83. The third-order valence-electron chi connectivity index (χ3n) is 3.46. The van der Waals surface area contributed by atoms with E-state index in [1.165, 1.54) is 22.2 Å². The monoisotopic (exact) mass is 353 g/mol. The highest BCUT2D eigenvalue weighted by atomic mass is 32.1. The normalized spacial score (nSPS) is 11.1. The summed E-state index contributed by atoms with van der Waals surface area (Å²) in [6, 6.07) is 11.8. The van der Waals surface area contributed by atoms with Crippen LogP contribution >= 0.6 is 11.3 Å². The van der Waals surface area contributed by atoms with E-state index < -0.39 is 5.54 Å². The number of benzene rings is 1. The maximum atomic E-state index is 12.2. The van der Waals surface area contributed by atoms with Crippen molar-refractivity contribution in [2.75, 3.05) is 0 Å². The van der Waals surface area contributed by atoms with E-state index in [1.54, 1.807) is 13.8 Å². The zero-order chi connectivity index (χ0) is 17.9. The lowest BCUT2D eigenvalue weighted by Gasteiger charge is -2.13. The van der Waals surface area contributed by atoms with E-state index in [1.807, 2.05) is 30.3 Å². The van der Waals surface area contributed by atoms with Crippen molar-refractivity contribution in [1.29, 1.82) is 5.26 Å². The average Bonchev–Trinajstić information content (AvgIpc) is 3.30. The van der Waals surface area contributed by atoms with Crippen molar-refractivity contribution >= 4 is 17.2 Å². The largest absolute Gasteiger partial charge is 0.344 e. The lowest BCUT2D eigenvalue weighted by molar-refractivity contribution is 0.0945. The van der Waals surface area contributed by atoms with E-state index in [2.05, 4.69) is 31.9 Å². The van der Waals surface area contributed by atoms with Crippen LogP contribution in [0.1, 0.15) is 29.3 Å². The van der Waals surface area contributed by atoms with Gasteiger partial charge in [-0.05, 0) is 13.8 Å². The number of hydrogen-bond acceptors (Lipinski definition) is 7. The number of amides is 1. The number of aromatic nitrogens is 5. The van der Waals surface area contributed by atoms with Crippen LogP contribution in [-0.2, 0) is 12.1 Å². The molecule has 0 aliphatic heterocycles. The molecule has 1 aromatic carbocycles. The highest BCUT2D eigenvalue weighted by Crippen LogP contribution is 2.22. The molecule has 0 spiro atoms. The molecule has 1 amide bonds. The van der Waals surface area contributed by atoms with E-state index >= 15 is 0 Å². The summed E-state index contributed by atoms with van der Waals surface area (Å²) in [5.74, 6) is -0.378. The predicted molar refractivity (Wildman–Crippen MR) is 91.5 cm³/mol. The van der Waals surface area contributed by atoms with Crippen LogP contribution < -0.4 is 5.32 Å². The van der Waals surface area contributed by atoms with Crippen molar-refractivity contribution in [2.45, 2.75) is 25.9 Å². The molecule has 3 rings (SSSR count). The molecule has 25 heavy (non-hydrogen) atoms. The van der Waals surface area contributed by atoms with Crippen LogP contribution in [0.15, 0.2) is 36.5 Å². The first kappa shape index (κ1) is 16.7. The lowest BCUT2D eigenvalue weighted by Crippen LogP contribution is -2.25. The molecular weight excluding hydrogens is 338 g/mol. The Kier molecular flexibility index (Phi) is 4.54. The first-order valence-electron chi connectivity index (χ1n) is 7.50. The fourth-order valence-corrected chi connectivity index (χ4v) is 2.75. The van der Waals surface area contributed by atoms with Crippen molar-refractivity contribution < 1.29 is 4.79 Å². The van der Waals surface area contributed by atoms with Gasteiger partial charge in [-0.2, -0.15) is 5.26 Å². The minimum atomic E-state index is -0.866. The number of carbonyl (C=O) groups is 1. The molecule has 2 heterocycles. The van der Waals surface area contributed by atoms with Crippen molar-refractivity contribution in [2.24, 2.45) is 0 Å². The van der Waals surface area contributed by atoms with Crippen LogP contribution in [0.3, 0.4) is 0 Å². The number of rotatable bonds is 5. The van der Waals surface area contributed by atoms with Gasteiger partial charge in [-0.15, -0.1) is 15.3 Å². The number of nitrogens with one attached hydrogen (secondary N) is 1. The van der Waals surface area contributed by atoms with Gasteiger partial charge in [0.15, 0.2) is 5.69 Å². The molecule has 126 valence electrons. The molecule has 8 nitrogen and oxygen atoms in total. The zero-order valence-electron chi connectivity index (χ0n) is 13.7. The third-order valence-corrected chi connectivity index (χ3v) is 4.43. The van der Waals surface area contributed by atoms with E-state index in [4.69, 9.17) is 5.26 Å². The Morgan fingerprint density at radius 2 is 2.04 bits per heavy atom. The average molecular weight is 353 g/mol. The third kappa shape index (κ3) is 3.70. The lowest BCUT2D eigenvalue weighted by atomic mass is 10.1. The smallest absolute Gasteiger partial charge is 0.273 e. The molecule has 0 unspecified atom stereocenters. The Hall–Kier alpha value is -3.12. The predicted octanol–water partition coefficient (Wildman–Crippen LogP) is 1.99. The molecule has 0 fully saturated rings.